The van der Waals surface area contributed by atoms with Crippen molar-refractivity contribution in [2.24, 2.45) is 7.05 Å². The number of rotatable bonds is 7. The SMILES string of the molecule is COc1cccc(-c2nnc(SCC(=O)N3CCN(Cc4cccc5ccccc45)CC3)n2C)c1. The van der Waals surface area contributed by atoms with Crippen LogP contribution in [0.5, 0.6) is 5.75 Å². The van der Waals surface area contributed by atoms with E-state index in [1.54, 1.807) is 7.11 Å². The van der Waals surface area contributed by atoms with E-state index in [9.17, 15) is 4.79 Å². The Morgan fingerprint density at radius 1 is 0.971 bits per heavy atom. The van der Waals surface area contributed by atoms with E-state index in [1.165, 1.54) is 28.1 Å². The van der Waals surface area contributed by atoms with Crippen LogP contribution in [-0.2, 0) is 18.4 Å². The van der Waals surface area contributed by atoms with Gasteiger partial charge in [0.2, 0.25) is 5.91 Å². The standard InChI is InChI=1S/C27H29N5O2S/c1-30-26(21-9-6-11-23(17-21)34-2)28-29-27(30)35-19-25(33)32-15-13-31(14-16-32)18-22-10-5-8-20-7-3-4-12-24(20)22/h3-12,17H,13-16,18-19H2,1-2H3. The Morgan fingerprint density at radius 3 is 2.57 bits per heavy atom. The van der Waals surface area contributed by atoms with Crippen molar-refractivity contribution in [3.63, 3.8) is 0 Å². The van der Waals surface area contributed by atoms with E-state index >= 15 is 0 Å². The fourth-order valence-electron chi connectivity index (χ4n) is 4.50. The topological polar surface area (TPSA) is 63.5 Å². The van der Waals surface area contributed by atoms with Crippen molar-refractivity contribution >= 4 is 28.4 Å². The molecule has 4 aromatic rings. The number of ether oxygens (including phenoxy) is 1. The molecule has 0 aliphatic carbocycles. The highest BCUT2D eigenvalue weighted by atomic mass is 32.2. The summed E-state index contributed by atoms with van der Waals surface area (Å²) in [6.45, 7) is 4.16. The zero-order valence-corrected chi connectivity index (χ0v) is 20.9. The first-order valence-corrected chi connectivity index (χ1v) is 12.7. The van der Waals surface area contributed by atoms with Crippen molar-refractivity contribution < 1.29 is 9.53 Å². The number of benzene rings is 3. The zero-order chi connectivity index (χ0) is 24.2. The first-order chi connectivity index (χ1) is 17.1. The summed E-state index contributed by atoms with van der Waals surface area (Å²) in [5.74, 6) is 2.02. The summed E-state index contributed by atoms with van der Waals surface area (Å²) in [6.07, 6.45) is 0. The molecule has 0 spiro atoms. The predicted molar refractivity (Wildman–Crippen MR) is 140 cm³/mol. The predicted octanol–water partition coefficient (Wildman–Crippen LogP) is 4.08. The number of amides is 1. The first-order valence-electron chi connectivity index (χ1n) is 11.8. The van der Waals surface area contributed by atoms with Crippen molar-refractivity contribution in [3.05, 3.63) is 72.3 Å². The second-order valence-corrected chi connectivity index (χ2v) is 9.62. The third-order valence-corrected chi connectivity index (χ3v) is 7.49. The van der Waals surface area contributed by atoms with Crippen LogP contribution in [0.1, 0.15) is 5.56 Å². The number of fused-ring (bicyclic) bond motifs is 1. The van der Waals surface area contributed by atoms with E-state index in [0.29, 0.717) is 5.75 Å². The van der Waals surface area contributed by atoms with E-state index in [0.717, 1.165) is 55.0 Å². The summed E-state index contributed by atoms with van der Waals surface area (Å²) in [4.78, 5) is 17.3. The number of carbonyl (C=O) groups excluding carboxylic acids is 1. The van der Waals surface area contributed by atoms with Gasteiger partial charge in [-0.15, -0.1) is 10.2 Å². The molecule has 7 nitrogen and oxygen atoms in total. The molecule has 0 radical (unpaired) electrons. The smallest absolute Gasteiger partial charge is 0.233 e. The van der Waals surface area contributed by atoms with Gasteiger partial charge in [0.25, 0.3) is 0 Å². The van der Waals surface area contributed by atoms with Gasteiger partial charge in [-0.1, -0.05) is 66.4 Å². The average Bonchev–Trinajstić information content (AvgIpc) is 3.28. The largest absolute Gasteiger partial charge is 0.497 e. The monoisotopic (exact) mass is 487 g/mol. The Kier molecular flexibility index (Phi) is 7.01. The summed E-state index contributed by atoms with van der Waals surface area (Å²) in [5, 5.41) is 11.9. The van der Waals surface area contributed by atoms with Crippen LogP contribution in [0.25, 0.3) is 22.2 Å². The van der Waals surface area contributed by atoms with Crippen LogP contribution in [-0.4, -0.2) is 69.5 Å². The number of methoxy groups -OCH3 is 1. The lowest BCUT2D eigenvalue weighted by atomic mass is 10.0. The average molecular weight is 488 g/mol. The Bertz CT molecular complexity index is 1320. The molecular weight excluding hydrogens is 458 g/mol. The number of nitrogens with zero attached hydrogens (tertiary/aromatic N) is 5. The summed E-state index contributed by atoms with van der Waals surface area (Å²) in [7, 11) is 3.57. The van der Waals surface area contributed by atoms with Gasteiger partial charge in [0.1, 0.15) is 5.75 Å². The van der Waals surface area contributed by atoms with E-state index in [2.05, 4.69) is 57.6 Å². The number of aromatic nitrogens is 3. The van der Waals surface area contributed by atoms with Crippen molar-refractivity contribution in [1.29, 1.82) is 0 Å². The molecule has 8 heteroatoms. The minimum absolute atomic E-state index is 0.144. The fourth-order valence-corrected chi connectivity index (χ4v) is 5.31. The van der Waals surface area contributed by atoms with Crippen molar-refractivity contribution in [3.8, 4) is 17.1 Å². The molecule has 180 valence electrons. The van der Waals surface area contributed by atoms with Gasteiger partial charge in [-0.05, 0) is 28.5 Å². The lowest BCUT2D eigenvalue weighted by Crippen LogP contribution is -2.48. The molecule has 0 atom stereocenters. The minimum atomic E-state index is 0.144. The number of hydrogen-bond donors (Lipinski definition) is 0. The molecule has 0 unspecified atom stereocenters. The van der Waals surface area contributed by atoms with E-state index in [1.807, 2.05) is 40.8 Å². The van der Waals surface area contributed by atoms with E-state index in [4.69, 9.17) is 4.74 Å². The summed E-state index contributed by atoms with van der Waals surface area (Å²) >= 11 is 1.43. The first kappa shape index (κ1) is 23.4. The molecule has 3 aromatic carbocycles. The van der Waals surface area contributed by atoms with Gasteiger partial charge in [0.05, 0.1) is 12.9 Å². The van der Waals surface area contributed by atoms with Gasteiger partial charge in [0, 0.05) is 45.3 Å². The normalized spacial score (nSPS) is 14.4. The van der Waals surface area contributed by atoms with Crippen LogP contribution in [0.15, 0.2) is 71.9 Å². The van der Waals surface area contributed by atoms with Crippen LogP contribution in [0.3, 0.4) is 0 Å². The van der Waals surface area contributed by atoms with Crippen molar-refractivity contribution in [2.45, 2.75) is 11.7 Å². The van der Waals surface area contributed by atoms with E-state index in [-0.39, 0.29) is 5.91 Å². The quantitative estimate of drug-likeness (QED) is 0.366. The molecule has 1 saturated heterocycles. The van der Waals surface area contributed by atoms with Crippen LogP contribution in [0.4, 0.5) is 0 Å². The molecule has 35 heavy (non-hydrogen) atoms. The number of piperazine rings is 1. The van der Waals surface area contributed by atoms with Gasteiger partial charge >= 0.3 is 0 Å². The lowest BCUT2D eigenvalue weighted by Gasteiger charge is -2.35. The Hall–Kier alpha value is -3.36. The van der Waals surface area contributed by atoms with E-state index < -0.39 is 0 Å². The van der Waals surface area contributed by atoms with Crippen LogP contribution in [0, 0.1) is 0 Å². The zero-order valence-electron chi connectivity index (χ0n) is 20.1. The molecule has 2 heterocycles. The molecule has 1 aliphatic heterocycles. The number of hydrogen-bond acceptors (Lipinski definition) is 6. The molecule has 0 bridgehead atoms. The van der Waals surface area contributed by atoms with Crippen molar-refractivity contribution in [2.75, 3.05) is 39.0 Å². The second-order valence-electron chi connectivity index (χ2n) is 8.68. The Balaban J connectivity index is 1.15. The van der Waals surface area contributed by atoms with Gasteiger partial charge in [-0.3, -0.25) is 9.69 Å². The maximum absolute atomic E-state index is 12.9. The van der Waals surface area contributed by atoms with Gasteiger partial charge in [-0.25, -0.2) is 0 Å². The highest BCUT2D eigenvalue weighted by molar-refractivity contribution is 7.99. The minimum Gasteiger partial charge on any atom is -0.497 e. The number of carbonyl (C=O) groups is 1. The maximum atomic E-state index is 12.9. The van der Waals surface area contributed by atoms with Gasteiger partial charge in [0.15, 0.2) is 11.0 Å². The van der Waals surface area contributed by atoms with Crippen LogP contribution >= 0.6 is 11.8 Å². The fraction of sp³-hybridized carbons (Fsp3) is 0.296. The number of thioether (sulfide) groups is 1. The Labute approximate surface area is 209 Å². The van der Waals surface area contributed by atoms with Gasteiger partial charge < -0.3 is 14.2 Å². The molecule has 0 saturated carbocycles. The maximum Gasteiger partial charge on any atom is 0.233 e. The molecule has 5 rings (SSSR count). The molecule has 0 N–H and O–H groups in total. The molecule has 1 aromatic heterocycles. The molecule has 1 aliphatic rings. The Morgan fingerprint density at radius 2 is 1.74 bits per heavy atom. The lowest BCUT2D eigenvalue weighted by molar-refractivity contribution is -0.130. The molecule has 1 amide bonds. The summed E-state index contributed by atoms with van der Waals surface area (Å²) < 4.78 is 7.24. The highest BCUT2D eigenvalue weighted by Gasteiger charge is 2.22. The third kappa shape index (κ3) is 5.18. The van der Waals surface area contributed by atoms with Crippen LogP contribution < -0.4 is 4.74 Å². The molecular formula is C27H29N5O2S. The second kappa shape index (κ2) is 10.5. The van der Waals surface area contributed by atoms with Crippen LogP contribution in [0.2, 0.25) is 0 Å². The van der Waals surface area contributed by atoms with Gasteiger partial charge in [-0.2, -0.15) is 0 Å². The third-order valence-electron chi connectivity index (χ3n) is 6.49. The molecule has 1 fully saturated rings. The van der Waals surface area contributed by atoms with Crippen molar-refractivity contribution in [1.82, 2.24) is 24.6 Å². The summed E-state index contributed by atoms with van der Waals surface area (Å²) in [6, 6.07) is 22.7. The highest BCUT2D eigenvalue weighted by Crippen LogP contribution is 2.26. The summed E-state index contributed by atoms with van der Waals surface area (Å²) in [5.41, 5.74) is 2.27.